The summed E-state index contributed by atoms with van der Waals surface area (Å²) in [5, 5.41) is 18.9. The molecule has 0 spiro atoms. The average molecular weight is 275 g/mol. The second-order valence-electron chi connectivity index (χ2n) is 5.65. The predicted molar refractivity (Wildman–Crippen MR) is 71.4 cm³/mol. The molecule has 3 rings (SSSR count). The van der Waals surface area contributed by atoms with Gasteiger partial charge in [-0.25, -0.2) is 4.79 Å². The number of carboxylic acids is 1. The fourth-order valence-electron chi connectivity index (χ4n) is 3.64. The Morgan fingerprint density at radius 2 is 2.05 bits per heavy atom. The van der Waals surface area contributed by atoms with Crippen molar-refractivity contribution in [1.29, 1.82) is 0 Å². The lowest BCUT2D eigenvalue weighted by molar-refractivity contribution is -0.142. The number of hydrogen-bond acceptors (Lipinski definition) is 3. The predicted octanol–water partition coefficient (Wildman–Crippen LogP) is 1.72. The number of fused-ring (bicyclic) bond motifs is 1. The van der Waals surface area contributed by atoms with E-state index in [2.05, 4.69) is 0 Å². The van der Waals surface area contributed by atoms with Crippen LogP contribution in [0.4, 0.5) is 0 Å². The van der Waals surface area contributed by atoms with Gasteiger partial charge < -0.3 is 15.1 Å². The number of rotatable bonds is 2. The molecule has 1 aliphatic carbocycles. The summed E-state index contributed by atoms with van der Waals surface area (Å²) < 4.78 is 0. The van der Waals surface area contributed by atoms with Crippen molar-refractivity contribution in [1.82, 2.24) is 4.90 Å². The first-order valence-electron chi connectivity index (χ1n) is 6.90. The van der Waals surface area contributed by atoms with E-state index in [4.69, 9.17) is 0 Å². The van der Waals surface area contributed by atoms with Gasteiger partial charge in [0, 0.05) is 12.1 Å². The van der Waals surface area contributed by atoms with Crippen LogP contribution in [0.25, 0.3) is 0 Å². The molecule has 1 aliphatic heterocycles. The Bertz CT molecular complexity index is 557. The van der Waals surface area contributed by atoms with E-state index in [1.807, 2.05) is 0 Å². The van der Waals surface area contributed by atoms with E-state index in [0.29, 0.717) is 18.0 Å². The Morgan fingerprint density at radius 1 is 1.25 bits per heavy atom. The molecule has 3 unspecified atom stereocenters. The number of aromatic hydroxyl groups is 1. The molecule has 106 valence electrons. The van der Waals surface area contributed by atoms with Gasteiger partial charge in [0.15, 0.2) is 0 Å². The molecule has 0 radical (unpaired) electrons. The molecule has 5 heteroatoms. The summed E-state index contributed by atoms with van der Waals surface area (Å²) in [5.41, 5.74) is 0.344. The number of aliphatic carboxylic acids is 1. The molecule has 1 aromatic carbocycles. The highest BCUT2D eigenvalue weighted by atomic mass is 16.4. The Kier molecular flexibility index (Phi) is 3.12. The minimum Gasteiger partial charge on any atom is -0.508 e. The first kappa shape index (κ1) is 13.0. The second kappa shape index (κ2) is 4.81. The zero-order valence-electron chi connectivity index (χ0n) is 11.0. The van der Waals surface area contributed by atoms with Crippen molar-refractivity contribution in [2.45, 2.75) is 25.3 Å². The lowest BCUT2D eigenvalue weighted by Gasteiger charge is -2.24. The van der Waals surface area contributed by atoms with E-state index >= 15 is 0 Å². The maximum Gasteiger partial charge on any atom is 0.326 e. The molecule has 5 nitrogen and oxygen atoms in total. The minimum atomic E-state index is -0.923. The van der Waals surface area contributed by atoms with Crippen molar-refractivity contribution in [3.8, 4) is 5.75 Å². The van der Waals surface area contributed by atoms with E-state index in [-0.39, 0.29) is 17.6 Å². The molecular formula is C15H17NO4. The molecule has 0 bridgehead atoms. The highest BCUT2D eigenvalue weighted by molar-refractivity contribution is 5.97. The summed E-state index contributed by atoms with van der Waals surface area (Å²) in [5.74, 6) is -0.830. The van der Waals surface area contributed by atoms with Gasteiger partial charge in [0.25, 0.3) is 5.91 Å². The van der Waals surface area contributed by atoms with Crippen LogP contribution in [0.3, 0.4) is 0 Å². The first-order valence-corrected chi connectivity index (χ1v) is 6.90. The van der Waals surface area contributed by atoms with E-state index in [1.165, 1.54) is 17.0 Å². The van der Waals surface area contributed by atoms with Gasteiger partial charge in [-0.2, -0.15) is 0 Å². The number of hydrogen-bond donors (Lipinski definition) is 2. The summed E-state index contributed by atoms with van der Waals surface area (Å²) in [6.07, 6.45) is 2.93. The lowest BCUT2D eigenvalue weighted by Crippen LogP contribution is -2.43. The van der Waals surface area contributed by atoms with Crippen LogP contribution in [0.1, 0.15) is 29.6 Å². The number of nitrogens with zero attached hydrogens (tertiary/aromatic N) is 1. The molecule has 1 amide bonds. The van der Waals surface area contributed by atoms with E-state index in [9.17, 15) is 19.8 Å². The first-order chi connectivity index (χ1) is 9.58. The summed E-state index contributed by atoms with van der Waals surface area (Å²) >= 11 is 0. The van der Waals surface area contributed by atoms with Crippen molar-refractivity contribution >= 4 is 11.9 Å². The molecular weight excluding hydrogens is 258 g/mol. The molecule has 1 aromatic rings. The number of benzene rings is 1. The maximum absolute atomic E-state index is 12.5. The normalized spacial score (nSPS) is 28.4. The van der Waals surface area contributed by atoms with Crippen molar-refractivity contribution in [2.75, 3.05) is 6.54 Å². The highest BCUT2D eigenvalue weighted by Gasteiger charge is 2.49. The van der Waals surface area contributed by atoms with Crippen molar-refractivity contribution in [3.63, 3.8) is 0 Å². The quantitative estimate of drug-likeness (QED) is 0.861. The molecule has 2 aliphatic rings. The number of phenolic OH excluding ortho intramolecular Hbond substituents is 1. The van der Waals surface area contributed by atoms with Gasteiger partial charge in [-0.05, 0) is 42.9 Å². The monoisotopic (exact) mass is 275 g/mol. The third kappa shape index (κ3) is 2.03. The van der Waals surface area contributed by atoms with Crippen LogP contribution in [-0.2, 0) is 4.79 Å². The van der Waals surface area contributed by atoms with Gasteiger partial charge in [-0.3, -0.25) is 4.79 Å². The smallest absolute Gasteiger partial charge is 0.326 e. The standard InChI is InChI=1S/C15H17NO4/c17-11-5-1-3-9(7-11)14(18)16-8-10-4-2-6-12(10)13(16)15(19)20/h1,3,5,7,10,12-13,17H,2,4,6,8H2,(H,19,20). The van der Waals surface area contributed by atoms with Crippen LogP contribution in [0.15, 0.2) is 24.3 Å². The molecule has 2 N–H and O–H groups in total. The molecule has 1 saturated heterocycles. The molecule has 3 atom stereocenters. The van der Waals surface area contributed by atoms with Crippen LogP contribution in [0, 0.1) is 11.8 Å². The van der Waals surface area contributed by atoms with Gasteiger partial charge in [0.1, 0.15) is 11.8 Å². The van der Waals surface area contributed by atoms with Gasteiger partial charge in [-0.15, -0.1) is 0 Å². The van der Waals surface area contributed by atoms with Crippen LogP contribution >= 0.6 is 0 Å². The molecule has 1 heterocycles. The third-order valence-corrected chi connectivity index (χ3v) is 4.50. The third-order valence-electron chi connectivity index (χ3n) is 4.50. The lowest BCUT2D eigenvalue weighted by atomic mass is 9.94. The second-order valence-corrected chi connectivity index (χ2v) is 5.65. The molecule has 20 heavy (non-hydrogen) atoms. The zero-order valence-corrected chi connectivity index (χ0v) is 11.0. The number of phenols is 1. The van der Waals surface area contributed by atoms with Crippen LogP contribution < -0.4 is 0 Å². The summed E-state index contributed by atoms with van der Waals surface area (Å²) in [6.45, 7) is 0.510. The fraction of sp³-hybridized carbons (Fsp3) is 0.467. The molecule has 2 fully saturated rings. The average Bonchev–Trinajstić information content (AvgIpc) is 2.96. The van der Waals surface area contributed by atoms with Crippen LogP contribution in [0.5, 0.6) is 5.75 Å². The van der Waals surface area contributed by atoms with Gasteiger partial charge in [-0.1, -0.05) is 12.5 Å². The van der Waals surface area contributed by atoms with Crippen molar-refractivity contribution in [3.05, 3.63) is 29.8 Å². The molecule has 1 saturated carbocycles. The maximum atomic E-state index is 12.5. The Balaban J connectivity index is 1.89. The van der Waals surface area contributed by atoms with E-state index in [0.717, 1.165) is 19.3 Å². The summed E-state index contributed by atoms with van der Waals surface area (Å²) in [7, 11) is 0. The van der Waals surface area contributed by atoms with Crippen molar-refractivity contribution < 1.29 is 19.8 Å². The Hall–Kier alpha value is -2.04. The SMILES string of the molecule is O=C(O)C1C2CCCC2CN1C(=O)c1cccc(O)c1. The zero-order chi connectivity index (χ0) is 14.3. The number of likely N-dealkylation sites (tertiary alicyclic amines) is 1. The number of amides is 1. The number of carbonyl (C=O) groups excluding carboxylic acids is 1. The largest absolute Gasteiger partial charge is 0.508 e. The van der Waals surface area contributed by atoms with Gasteiger partial charge in [0.05, 0.1) is 0 Å². The Labute approximate surface area is 116 Å². The number of carboxylic acid groups (broad SMARTS) is 1. The Morgan fingerprint density at radius 3 is 2.75 bits per heavy atom. The molecule has 0 aromatic heterocycles. The van der Waals surface area contributed by atoms with Crippen LogP contribution in [-0.4, -0.2) is 39.6 Å². The van der Waals surface area contributed by atoms with Gasteiger partial charge >= 0.3 is 5.97 Å². The summed E-state index contributed by atoms with van der Waals surface area (Å²) in [4.78, 5) is 25.5. The van der Waals surface area contributed by atoms with E-state index in [1.54, 1.807) is 12.1 Å². The minimum absolute atomic E-state index is 0.0158. The summed E-state index contributed by atoms with van der Waals surface area (Å²) in [6, 6.07) is 5.35. The highest BCUT2D eigenvalue weighted by Crippen LogP contribution is 2.42. The van der Waals surface area contributed by atoms with E-state index < -0.39 is 12.0 Å². The van der Waals surface area contributed by atoms with Gasteiger partial charge in [0.2, 0.25) is 0 Å². The topological polar surface area (TPSA) is 77.8 Å². The number of carbonyl (C=O) groups is 2. The van der Waals surface area contributed by atoms with Crippen molar-refractivity contribution in [2.24, 2.45) is 11.8 Å². The van der Waals surface area contributed by atoms with Crippen LogP contribution in [0.2, 0.25) is 0 Å². The fourth-order valence-corrected chi connectivity index (χ4v) is 3.64.